The molecular formula is C36H54O2S. The lowest BCUT2D eigenvalue weighted by molar-refractivity contribution is 0.592. The van der Waals surface area contributed by atoms with Crippen molar-refractivity contribution in [1.82, 2.24) is 0 Å². The Labute approximate surface area is 240 Å². The van der Waals surface area contributed by atoms with Crippen molar-refractivity contribution in [3.05, 3.63) is 83.0 Å². The molecule has 0 N–H and O–H groups in total. The van der Waals surface area contributed by atoms with Gasteiger partial charge >= 0.3 is 0 Å². The van der Waals surface area contributed by atoms with Crippen LogP contribution in [0.1, 0.15) is 125 Å². The van der Waals surface area contributed by atoms with Gasteiger partial charge in [0.25, 0.3) is 0 Å². The van der Waals surface area contributed by atoms with E-state index in [0.29, 0.717) is 9.79 Å². The molecule has 2 rings (SSSR count). The average Bonchev–Trinajstić information content (AvgIpc) is 2.95. The van der Waals surface area contributed by atoms with Crippen molar-refractivity contribution in [1.29, 1.82) is 0 Å². The number of allylic oxidation sites excluding steroid dienone is 2. The Morgan fingerprint density at radius 3 is 1.28 bits per heavy atom. The van der Waals surface area contributed by atoms with Crippen molar-refractivity contribution in [2.24, 2.45) is 0 Å². The Hall–Kier alpha value is -2.13. The summed E-state index contributed by atoms with van der Waals surface area (Å²) >= 11 is 0. The first-order chi connectivity index (χ1) is 18.9. The Morgan fingerprint density at radius 2 is 0.949 bits per heavy atom. The largest absolute Gasteiger partial charge is 0.218 e. The SMILES string of the molecule is C=CCCCCCCc1cc(CC)cc(S(=O)(=O)c2cc(CC)cc(CCCCCCC=C)c2CC)c1CC. The summed E-state index contributed by atoms with van der Waals surface area (Å²) in [5, 5.41) is 0. The van der Waals surface area contributed by atoms with Crippen molar-refractivity contribution in [2.45, 2.75) is 140 Å². The third kappa shape index (κ3) is 9.48. The third-order valence-electron chi connectivity index (χ3n) is 8.03. The van der Waals surface area contributed by atoms with Crippen LogP contribution in [0, 0.1) is 0 Å². The number of unbranched alkanes of at least 4 members (excludes halogenated alkanes) is 8. The van der Waals surface area contributed by atoms with Crippen LogP contribution in [0.3, 0.4) is 0 Å². The second-order valence-corrected chi connectivity index (χ2v) is 12.8. The fraction of sp³-hybridized carbons (Fsp3) is 0.556. The van der Waals surface area contributed by atoms with E-state index in [1.807, 2.05) is 24.3 Å². The minimum absolute atomic E-state index is 0.546. The Morgan fingerprint density at radius 1 is 0.564 bits per heavy atom. The van der Waals surface area contributed by atoms with Gasteiger partial charge in [-0.2, -0.15) is 0 Å². The second kappa shape index (κ2) is 17.5. The molecule has 3 heteroatoms. The van der Waals surface area contributed by atoms with Gasteiger partial charge < -0.3 is 0 Å². The summed E-state index contributed by atoms with van der Waals surface area (Å²) < 4.78 is 29.0. The molecular weight excluding hydrogens is 496 g/mol. The van der Waals surface area contributed by atoms with Crippen LogP contribution in [0.25, 0.3) is 0 Å². The Bertz CT molecular complexity index is 1070. The quantitative estimate of drug-likeness (QED) is 0.121. The van der Waals surface area contributed by atoms with Gasteiger partial charge in [0.1, 0.15) is 0 Å². The monoisotopic (exact) mass is 550 g/mol. The first kappa shape index (κ1) is 33.1. The molecule has 0 unspecified atom stereocenters. The minimum atomic E-state index is -3.64. The first-order valence-corrected chi connectivity index (χ1v) is 17.1. The summed E-state index contributed by atoms with van der Waals surface area (Å²) in [6.45, 7) is 16.1. The molecule has 0 radical (unpaired) electrons. The molecule has 0 atom stereocenters. The zero-order valence-electron chi connectivity index (χ0n) is 25.4. The predicted molar refractivity (Wildman–Crippen MR) is 170 cm³/mol. The van der Waals surface area contributed by atoms with Crippen LogP contribution in [0.4, 0.5) is 0 Å². The highest BCUT2D eigenvalue weighted by Gasteiger charge is 2.27. The molecule has 0 aromatic heterocycles. The molecule has 0 bridgehead atoms. The maximum Gasteiger partial charge on any atom is 0.207 e. The van der Waals surface area contributed by atoms with E-state index in [0.717, 1.165) is 86.5 Å². The van der Waals surface area contributed by atoms with E-state index >= 15 is 0 Å². The molecule has 0 heterocycles. The summed E-state index contributed by atoms with van der Waals surface area (Å²) in [6, 6.07) is 8.48. The van der Waals surface area contributed by atoms with Crippen molar-refractivity contribution in [3.8, 4) is 0 Å². The van der Waals surface area contributed by atoms with Gasteiger partial charge in [-0.05, 0) is 123 Å². The van der Waals surface area contributed by atoms with Gasteiger partial charge in [-0.3, -0.25) is 0 Å². The average molecular weight is 551 g/mol. The predicted octanol–water partition coefficient (Wildman–Crippen LogP) is 10.1. The van der Waals surface area contributed by atoms with Crippen LogP contribution in [-0.2, 0) is 48.4 Å². The number of benzene rings is 2. The minimum Gasteiger partial charge on any atom is -0.218 e. The lowest BCUT2D eigenvalue weighted by Gasteiger charge is -2.20. The van der Waals surface area contributed by atoms with Crippen LogP contribution in [0.15, 0.2) is 59.4 Å². The van der Waals surface area contributed by atoms with Crippen molar-refractivity contribution in [2.75, 3.05) is 0 Å². The van der Waals surface area contributed by atoms with E-state index in [2.05, 4.69) is 53.0 Å². The topological polar surface area (TPSA) is 34.1 Å². The normalized spacial score (nSPS) is 11.6. The molecule has 39 heavy (non-hydrogen) atoms. The van der Waals surface area contributed by atoms with Gasteiger partial charge in [0, 0.05) is 0 Å². The molecule has 2 nitrogen and oxygen atoms in total. The van der Waals surface area contributed by atoms with Crippen molar-refractivity contribution >= 4 is 9.84 Å². The van der Waals surface area contributed by atoms with E-state index in [4.69, 9.17) is 0 Å². The Kier molecular flexibility index (Phi) is 14.9. The summed E-state index contributed by atoms with van der Waals surface area (Å²) in [5.74, 6) is 0. The number of sulfone groups is 1. The summed E-state index contributed by atoms with van der Waals surface area (Å²) in [7, 11) is -3.64. The molecule has 0 aliphatic heterocycles. The molecule has 0 amide bonds. The van der Waals surface area contributed by atoms with Gasteiger partial charge in [-0.25, -0.2) is 8.42 Å². The third-order valence-corrected chi connectivity index (χ3v) is 9.92. The van der Waals surface area contributed by atoms with E-state index in [1.165, 1.54) is 49.7 Å². The van der Waals surface area contributed by atoms with E-state index in [-0.39, 0.29) is 0 Å². The Balaban J connectivity index is 2.47. The lowest BCUT2D eigenvalue weighted by atomic mass is 9.95. The number of aryl methyl sites for hydroxylation is 4. The standard InChI is InChI=1S/C36H54O2S/c1-7-13-15-17-19-21-23-31-25-29(9-3)27-35(33(31)11-5)39(37,38)36-28-30(10-4)26-32(34(36)12-6)24-22-20-18-16-14-8-2/h7-8,25-28H,1-2,9-24H2,3-6H3. The van der Waals surface area contributed by atoms with E-state index in [1.54, 1.807) is 0 Å². The van der Waals surface area contributed by atoms with Crippen LogP contribution in [-0.4, -0.2) is 8.42 Å². The van der Waals surface area contributed by atoms with Gasteiger partial charge in [-0.1, -0.05) is 77.7 Å². The maximum absolute atomic E-state index is 14.5. The highest BCUT2D eigenvalue weighted by Crippen LogP contribution is 2.34. The van der Waals surface area contributed by atoms with Crippen LogP contribution in [0.2, 0.25) is 0 Å². The molecule has 0 saturated heterocycles. The number of hydrogen-bond donors (Lipinski definition) is 0. The first-order valence-electron chi connectivity index (χ1n) is 15.6. The van der Waals surface area contributed by atoms with Crippen molar-refractivity contribution in [3.63, 3.8) is 0 Å². The summed E-state index contributed by atoms with van der Waals surface area (Å²) in [6.07, 6.45) is 20.5. The fourth-order valence-electron chi connectivity index (χ4n) is 5.70. The van der Waals surface area contributed by atoms with Crippen LogP contribution in [0.5, 0.6) is 0 Å². The highest BCUT2D eigenvalue weighted by atomic mass is 32.2. The van der Waals surface area contributed by atoms with Gasteiger partial charge in [-0.15, -0.1) is 13.2 Å². The highest BCUT2D eigenvalue weighted by molar-refractivity contribution is 7.91. The van der Waals surface area contributed by atoms with Gasteiger partial charge in [0.2, 0.25) is 9.84 Å². The molecule has 0 aliphatic rings. The number of hydrogen-bond acceptors (Lipinski definition) is 2. The molecule has 0 aliphatic carbocycles. The smallest absolute Gasteiger partial charge is 0.207 e. The summed E-state index contributed by atoms with van der Waals surface area (Å²) in [5.41, 5.74) is 6.73. The maximum atomic E-state index is 14.5. The molecule has 2 aromatic carbocycles. The second-order valence-electron chi connectivity index (χ2n) is 10.9. The van der Waals surface area contributed by atoms with Crippen molar-refractivity contribution < 1.29 is 8.42 Å². The zero-order chi connectivity index (χ0) is 28.7. The molecule has 0 saturated carbocycles. The van der Waals surface area contributed by atoms with Crippen LogP contribution < -0.4 is 0 Å². The zero-order valence-corrected chi connectivity index (χ0v) is 26.2. The molecule has 216 valence electrons. The van der Waals surface area contributed by atoms with Gasteiger partial charge in [0.05, 0.1) is 9.79 Å². The van der Waals surface area contributed by atoms with Crippen LogP contribution >= 0.6 is 0 Å². The van der Waals surface area contributed by atoms with Gasteiger partial charge in [0.15, 0.2) is 0 Å². The number of rotatable bonds is 20. The molecule has 0 fully saturated rings. The molecule has 2 aromatic rings. The lowest BCUT2D eigenvalue weighted by Crippen LogP contribution is -2.13. The fourth-order valence-corrected chi connectivity index (χ4v) is 7.75. The van der Waals surface area contributed by atoms with E-state index in [9.17, 15) is 8.42 Å². The molecule has 0 spiro atoms. The van der Waals surface area contributed by atoms with E-state index < -0.39 is 9.84 Å². The summed E-state index contributed by atoms with van der Waals surface area (Å²) in [4.78, 5) is 1.09.